The van der Waals surface area contributed by atoms with Gasteiger partial charge in [0.1, 0.15) is 11.8 Å². The Morgan fingerprint density at radius 3 is 2.56 bits per heavy atom. The number of benzene rings is 2. The fraction of sp³-hybridized carbons (Fsp3) is 0.176. The van der Waals surface area contributed by atoms with E-state index in [1.54, 1.807) is 32.2 Å². The zero-order chi connectivity index (χ0) is 18.2. The highest BCUT2D eigenvalue weighted by Crippen LogP contribution is 2.23. The molecule has 0 radical (unpaired) electrons. The lowest BCUT2D eigenvalue weighted by Gasteiger charge is -2.15. The molecule has 0 unspecified atom stereocenters. The van der Waals surface area contributed by atoms with E-state index in [-0.39, 0.29) is 11.6 Å². The van der Waals surface area contributed by atoms with Gasteiger partial charge in [0.05, 0.1) is 23.9 Å². The number of non-ortho nitro benzene ring substituents is 1. The standard InChI is InChI=1S/C17H18N4O4/c1-12(19-15-5-3-4-6-16(15)25-2)17(22)20-18-11-13-7-9-14(10-8-13)21(23)24/h3-12,19H,1-2H3,(H,20,22)/b18-11-/t12-/m0/s1. The molecule has 2 N–H and O–H groups in total. The lowest BCUT2D eigenvalue weighted by Crippen LogP contribution is -2.35. The number of carbonyl (C=O) groups is 1. The first kappa shape index (κ1) is 17.9. The summed E-state index contributed by atoms with van der Waals surface area (Å²) in [4.78, 5) is 22.2. The third kappa shape index (κ3) is 5.03. The Morgan fingerprint density at radius 2 is 1.92 bits per heavy atom. The number of anilines is 1. The molecule has 0 saturated heterocycles. The van der Waals surface area contributed by atoms with Gasteiger partial charge in [0, 0.05) is 12.1 Å². The van der Waals surface area contributed by atoms with Crippen molar-refractivity contribution in [3.63, 3.8) is 0 Å². The maximum absolute atomic E-state index is 12.1. The SMILES string of the molecule is COc1ccccc1N[C@@H](C)C(=O)N/N=C\c1ccc([N+](=O)[O-])cc1. The van der Waals surface area contributed by atoms with Crippen molar-refractivity contribution in [2.45, 2.75) is 13.0 Å². The third-order valence-electron chi connectivity index (χ3n) is 3.36. The average Bonchev–Trinajstić information content (AvgIpc) is 2.62. The van der Waals surface area contributed by atoms with E-state index in [1.165, 1.54) is 18.3 Å². The number of ether oxygens (including phenoxy) is 1. The van der Waals surface area contributed by atoms with Gasteiger partial charge in [0.15, 0.2) is 0 Å². The number of carbonyl (C=O) groups excluding carboxylic acids is 1. The molecule has 25 heavy (non-hydrogen) atoms. The van der Waals surface area contributed by atoms with Gasteiger partial charge in [-0.25, -0.2) is 5.43 Å². The summed E-state index contributed by atoms with van der Waals surface area (Å²) in [5.74, 6) is 0.306. The Morgan fingerprint density at radius 1 is 1.24 bits per heavy atom. The van der Waals surface area contributed by atoms with Gasteiger partial charge in [0.25, 0.3) is 11.6 Å². The van der Waals surface area contributed by atoms with Crippen molar-refractivity contribution in [2.24, 2.45) is 5.10 Å². The second kappa shape index (κ2) is 8.44. The summed E-state index contributed by atoms with van der Waals surface area (Å²) in [5, 5.41) is 17.5. The lowest BCUT2D eigenvalue weighted by molar-refractivity contribution is -0.384. The highest BCUT2D eigenvalue weighted by Gasteiger charge is 2.13. The van der Waals surface area contributed by atoms with E-state index in [9.17, 15) is 14.9 Å². The molecule has 8 heteroatoms. The smallest absolute Gasteiger partial charge is 0.269 e. The van der Waals surface area contributed by atoms with E-state index in [0.29, 0.717) is 17.0 Å². The van der Waals surface area contributed by atoms with Gasteiger partial charge in [-0.05, 0) is 36.8 Å². The number of nitro groups is 1. The molecule has 0 aliphatic rings. The molecular formula is C17H18N4O4. The summed E-state index contributed by atoms with van der Waals surface area (Å²) in [5.41, 5.74) is 3.75. The number of hydrazone groups is 1. The maximum Gasteiger partial charge on any atom is 0.269 e. The van der Waals surface area contributed by atoms with Gasteiger partial charge >= 0.3 is 0 Å². The number of hydrogen-bond acceptors (Lipinski definition) is 6. The number of para-hydroxylation sites is 2. The van der Waals surface area contributed by atoms with Crippen molar-refractivity contribution >= 4 is 23.5 Å². The predicted octanol–water partition coefficient (Wildman–Crippen LogP) is 2.55. The zero-order valence-corrected chi connectivity index (χ0v) is 13.8. The monoisotopic (exact) mass is 342 g/mol. The minimum absolute atomic E-state index is 0.00387. The minimum Gasteiger partial charge on any atom is -0.495 e. The molecule has 2 aromatic rings. The number of rotatable bonds is 7. The molecule has 0 spiro atoms. The molecule has 0 heterocycles. The van der Waals surface area contributed by atoms with Gasteiger partial charge in [-0.3, -0.25) is 14.9 Å². The van der Waals surface area contributed by atoms with Crippen molar-refractivity contribution in [1.29, 1.82) is 0 Å². The van der Waals surface area contributed by atoms with E-state index < -0.39 is 11.0 Å². The van der Waals surface area contributed by atoms with Crippen LogP contribution in [0.15, 0.2) is 53.6 Å². The summed E-state index contributed by atoms with van der Waals surface area (Å²) in [7, 11) is 1.56. The van der Waals surface area contributed by atoms with Crippen molar-refractivity contribution < 1.29 is 14.5 Å². The number of nitrogens with one attached hydrogen (secondary N) is 2. The molecule has 130 valence electrons. The van der Waals surface area contributed by atoms with Crippen LogP contribution >= 0.6 is 0 Å². The van der Waals surface area contributed by atoms with Gasteiger partial charge in [-0.15, -0.1) is 0 Å². The summed E-state index contributed by atoms with van der Waals surface area (Å²) >= 11 is 0. The molecule has 0 aliphatic carbocycles. The molecule has 0 bridgehead atoms. The van der Waals surface area contributed by atoms with Crippen molar-refractivity contribution in [2.75, 3.05) is 12.4 Å². The molecule has 1 atom stereocenters. The van der Waals surface area contributed by atoms with Crippen LogP contribution in [-0.2, 0) is 4.79 Å². The van der Waals surface area contributed by atoms with E-state index in [4.69, 9.17) is 4.74 Å². The Balaban J connectivity index is 1.91. The first-order chi connectivity index (χ1) is 12.0. The van der Waals surface area contributed by atoms with Gasteiger partial charge < -0.3 is 10.1 Å². The summed E-state index contributed by atoms with van der Waals surface area (Å²) in [6.45, 7) is 1.70. The lowest BCUT2D eigenvalue weighted by atomic mass is 10.2. The summed E-state index contributed by atoms with van der Waals surface area (Å²) in [6, 6.07) is 12.6. The van der Waals surface area contributed by atoms with Crippen molar-refractivity contribution in [3.05, 3.63) is 64.2 Å². The van der Waals surface area contributed by atoms with Gasteiger partial charge in [0.2, 0.25) is 0 Å². The second-order valence-electron chi connectivity index (χ2n) is 5.15. The van der Waals surface area contributed by atoms with Crippen molar-refractivity contribution in [3.8, 4) is 5.75 Å². The van der Waals surface area contributed by atoms with E-state index >= 15 is 0 Å². The fourth-order valence-electron chi connectivity index (χ4n) is 2.01. The van der Waals surface area contributed by atoms with E-state index in [2.05, 4.69) is 15.8 Å². The maximum atomic E-state index is 12.1. The first-order valence-electron chi connectivity index (χ1n) is 7.48. The molecule has 0 fully saturated rings. The highest BCUT2D eigenvalue weighted by atomic mass is 16.6. The van der Waals surface area contributed by atoms with Crippen LogP contribution in [0, 0.1) is 10.1 Å². The Labute approximate surface area is 144 Å². The Hall–Kier alpha value is -3.42. The fourth-order valence-corrected chi connectivity index (χ4v) is 2.01. The third-order valence-corrected chi connectivity index (χ3v) is 3.36. The second-order valence-corrected chi connectivity index (χ2v) is 5.15. The van der Waals surface area contributed by atoms with Crippen LogP contribution < -0.4 is 15.5 Å². The largest absolute Gasteiger partial charge is 0.495 e. The molecule has 2 rings (SSSR count). The average molecular weight is 342 g/mol. The summed E-state index contributed by atoms with van der Waals surface area (Å²) < 4.78 is 5.22. The van der Waals surface area contributed by atoms with Gasteiger partial charge in [-0.1, -0.05) is 12.1 Å². The molecule has 0 aromatic heterocycles. The van der Waals surface area contributed by atoms with Gasteiger partial charge in [-0.2, -0.15) is 5.10 Å². The Bertz CT molecular complexity index is 774. The van der Waals surface area contributed by atoms with Crippen LogP contribution in [-0.4, -0.2) is 30.2 Å². The molecule has 2 aromatic carbocycles. The number of hydrogen-bond donors (Lipinski definition) is 2. The predicted molar refractivity (Wildman–Crippen MR) is 94.9 cm³/mol. The molecule has 8 nitrogen and oxygen atoms in total. The van der Waals surface area contributed by atoms with Crippen LogP contribution in [0.2, 0.25) is 0 Å². The highest BCUT2D eigenvalue weighted by molar-refractivity contribution is 5.86. The van der Waals surface area contributed by atoms with Crippen LogP contribution in [0.5, 0.6) is 5.75 Å². The number of nitro benzene ring substituents is 1. The molecular weight excluding hydrogens is 324 g/mol. The van der Waals surface area contributed by atoms with Crippen molar-refractivity contribution in [1.82, 2.24) is 5.43 Å². The number of methoxy groups -OCH3 is 1. The van der Waals surface area contributed by atoms with Crippen LogP contribution in [0.4, 0.5) is 11.4 Å². The van der Waals surface area contributed by atoms with Crippen LogP contribution in [0.1, 0.15) is 12.5 Å². The first-order valence-corrected chi connectivity index (χ1v) is 7.48. The number of amides is 1. The summed E-state index contributed by atoms with van der Waals surface area (Å²) in [6.07, 6.45) is 1.41. The quantitative estimate of drug-likeness (QED) is 0.457. The molecule has 0 aliphatic heterocycles. The van der Waals surface area contributed by atoms with Crippen LogP contribution in [0.3, 0.4) is 0 Å². The van der Waals surface area contributed by atoms with Crippen LogP contribution in [0.25, 0.3) is 0 Å². The number of nitrogens with zero attached hydrogens (tertiary/aromatic N) is 2. The van der Waals surface area contributed by atoms with E-state index in [1.807, 2.05) is 18.2 Å². The minimum atomic E-state index is -0.537. The normalized spacial score (nSPS) is 11.8. The molecule has 0 saturated carbocycles. The Kier molecular flexibility index (Phi) is 6.05. The topological polar surface area (TPSA) is 106 Å². The zero-order valence-electron chi connectivity index (χ0n) is 13.8. The van der Waals surface area contributed by atoms with E-state index in [0.717, 1.165) is 0 Å². The molecule has 1 amide bonds.